The number of nitrogens with one attached hydrogen (secondary N) is 4. The van der Waals surface area contributed by atoms with Crippen molar-refractivity contribution in [2.75, 3.05) is 17.3 Å². The Labute approximate surface area is 251 Å². The summed E-state index contributed by atoms with van der Waals surface area (Å²) < 4.78 is 13.4. The molecule has 3 aromatic rings. The zero-order valence-electron chi connectivity index (χ0n) is 21.6. The lowest BCUT2D eigenvalue weighted by Crippen LogP contribution is -2.37. The second-order valence-electron chi connectivity index (χ2n) is 8.75. The summed E-state index contributed by atoms with van der Waals surface area (Å²) in [5.41, 5.74) is 16.8. The van der Waals surface area contributed by atoms with Crippen LogP contribution in [0.2, 0.25) is 0 Å². The Balaban J connectivity index is 1.93. The number of carbonyl (C=O) groups excluding carboxylic acids is 1. The van der Waals surface area contributed by atoms with Gasteiger partial charge in [0.15, 0.2) is 11.5 Å². The summed E-state index contributed by atoms with van der Waals surface area (Å²) in [6, 6.07) is 18.0. The van der Waals surface area contributed by atoms with Gasteiger partial charge in [-0.2, -0.15) is 0 Å². The van der Waals surface area contributed by atoms with Gasteiger partial charge in [-0.1, -0.05) is 63.4 Å². The third kappa shape index (κ3) is 8.13. The van der Waals surface area contributed by atoms with E-state index >= 15 is 0 Å². The molecule has 202 valence electrons. The van der Waals surface area contributed by atoms with Crippen molar-refractivity contribution in [1.29, 1.82) is 5.41 Å². The molecule has 38 heavy (non-hydrogen) atoms. The number of hydrogen-bond donors (Lipinski definition) is 5. The van der Waals surface area contributed by atoms with Gasteiger partial charge in [0, 0.05) is 20.1 Å². The van der Waals surface area contributed by atoms with Gasteiger partial charge in [-0.3, -0.25) is 21.1 Å². The number of rotatable bonds is 13. The predicted molar refractivity (Wildman–Crippen MR) is 171 cm³/mol. The number of hydrogen-bond acceptors (Lipinski definition) is 6. The van der Waals surface area contributed by atoms with Gasteiger partial charge in [-0.05, 0) is 79.9 Å². The van der Waals surface area contributed by atoms with E-state index in [9.17, 15) is 4.79 Å². The first kappa shape index (κ1) is 29.8. The van der Waals surface area contributed by atoms with Crippen LogP contribution in [0.25, 0.3) is 0 Å². The lowest BCUT2D eigenvalue weighted by Gasteiger charge is -2.23. The molecule has 3 rings (SSSR count). The zero-order valence-corrected chi connectivity index (χ0v) is 25.9. The highest BCUT2D eigenvalue weighted by molar-refractivity contribution is 14.1. The number of ether oxygens (including phenoxy) is 2. The van der Waals surface area contributed by atoms with Crippen LogP contribution in [0.15, 0.2) is 60.7 Å². The van der Waals surface area contributed by atoms with Gasteiger partial charge in [-0.25, -0.2) is 0 Å². The summed E-state index contributed by atoms with van der Waals surface area (Å²) in [7, 11) is 0. The molecule has 0 radical (unpaired) electrons. The van der Waals surface area contributed by atoms with Crippen LogP contribution in [0.5, 0.6) is 11.5 Å². The van der Waals surface area contributed by atoms with E-state index < -0.39 is 6.04 Å². The molecule has 6 N–H and O–H groups in total. The van der Waals surface area contributed by atoms with Gasteiger partial charge in [0.05, 0.1) is 18.4 Å². The van der Waals surface area contributed by atoms with Crippen LogP contribution in [-0.4, -0.2) is 24.5 Å². The highest BCUT2D eigenvalue weighted by Gasteiger charge is 2.23. The van der Waals surface area contributed by atoms with Gasteiger partial charge >= 0.3 is 0 Å². The summed E-state index contributed by atoms with van der Waals surface area (Å²) in [6.07, 6.45) is -0.0216. The van der Waals surface area contributed by atoms with Gasteiger partial charge in [0.25, 0.3) is 5.91 Å². The minimum atomic E-state index is -0.756. The molecule has 0 spiro atoms. The number of benzene rings is 3. The second-order valence-corrected chi connectivity index (χ2v) is 10.3. The number of hydrazine groups is 1. The summed E-state index contributed by atoms with van der Waals surface area (Å²) in [5, 5.41) is 11.0. The molecule has 3 aromatic carbocycles. The summed E-state index contributed by atoms with van der Waals surface area (Å²) in [4.78, 5) is 13.6. The first-order chi connectivity index (χ1) is 18.2. The van der Waals surface area contributed by atoms with E-state index in [2.05, 4.69) is 79.5 Å². The molecule has 0 aliphatic rings. The van der Waals surface area contributed by atoms with Crippen LogP contribution in [0, 0.1) is 5.41 Å². The van der Waals surface area contributed by atoms with Crippen LogP contribution in [0.4, 0.5) is 11.4 Å². The fraction of sp³-hybridized carbons (Fsp3) is 0.286. The van der Waals surface area contributed by atoms with Crippen LogP contribution >= 0.6 is 45.2 Å². The Bertz CT molecular complexity index is 1250. The summed E-state index contributed by atoms with van der Waals surface area (Å²) >= 11 is 4.63. The Hall–Kier alpha value is -2.74. The van der Waals surface area contributed by atoms with Crippen molar-refractivity contribution in [3.8, 4) is 11.5 Å². The molecule has 1 atom stereocenters. The van der Waals surface area contributed by atoms with E-state index in [1.54, 1.807) is 24.3 Å². The summed E-state index contributed by atoms with van der Waals surface area (Å²) in [5.74, 6) is 0.896. The fourth-order valence-corrected chi connectivity index (χ4v) is 4.82. The zero-order chi connectivity index (χ0) is 27.7. The molecule has 0 aliphatic carbocycles. The van der Waals surface area contributed by atoms with Crippen LogP contribution in [0.3, 0.4) is 0 Å². The number of nitrogens with two attached hydrogens (primary N) is 1. The number of amides is 1. The second kappa shape index (κ2) is 14.4. The lowest BCUT2D eigenvalue weighted by atomic mass is 10.0. The van der Waals surface area contributed by atoms with Crippen molar-refractivity contribution in [2.24, 2.45) is 5.73 Å². The van der Waals surface area contributed by atoms with Crippen LogP contribution < -0.4 is 31.4 Å². The fourth-order valence-electron chi connectivity index (χ4n) is 3.68. The standard InChI is InChI=1S/C28H33I2N5O3/c1-4-37-25-14-20(9-12-24(25)38-17(2)3)26(33-22-10-7-19(8-11-22)27(31)32)28(36)35-34-23-13-18(15-29)5-6-21(23)16-30/h5-14,17,26,33-34H,4,15-16H2,1-3H3,(H3,31,32)(H,35,36). The van der Waals surface area contributed by atoms with Crippen LogP contribution in [-0.2, 0) is 13.6 Å². The molecule has 0 aliphatic heterocycles. The first-order valence-electron chi connectivity index (χ1n) is 12.2. The van der Waals surface area contributed by atoms with Crippen molar-refractivity contribution in [3.63, 3.8) is 0 Å². The maximum Gasteiger partial charge on any atom is 0.265 e. The number of carbonyl (C=O) groups is 1. The van der Waals surface area contributed by atoms with Gasteiger partial charge in [-0.15, -0.1) is 0 Å². The molecule has 10 heteroatoms. The van der Waals surface area contributed by atoms with E-state index in [4.69, 9.17) is 20.6 Å². The van der Waals surface area contributed by atoms with Gasteiger partial charge in [0.1, 0.15) is 11.9 Å². The van der Waals surface area contributed by atoms with Crippen molar-refractivity contribution in [3.05, 3.63) is 82.9 Å². The molecule has 0 bridgehead atoms. The minimum Gasteiger partial charge on any atom is -0.490 e. The molecule has 8 nitrogen and oxygen atoms in total. The SMILES string of the molecule is CCOc1cc(C(Nc2ccc(C(=N)N)cc2)C(=O)NNc2cc(CI)ccc2CI)ccc1OC(C)C. The van der Waals surface area contributed by atoms with Crippen molar-refractivity contribution in [1.82, 2.24) is 5.43 Å². The number of alkyl halides is 2. The predicted octanol–water partition coefficient (Wildman–Crippen LogP) is 6.32. The van der Waals surface area contributed by atoms with E-state index in [0.717, 1.165) is 20.1 Å². The monoisotopic (exact) mass is 741 g/mol. The normalized spacial score (nSPS) is 11.5. The number of amidine groups is 1. The average Bonchev–Trinajstić information content (AvgIpc) is 2.91. The lowest BCUT2D eigenvalue weighted by molar-refractivity contribution is -0.121. The molecule has 0 saturated carbocycles. The molecule has 0 heterocycles. The summed E-state index contributed by atoms with van der Waals surface area (Å²) in [6.45, 7) is 6.27. The molecule has 0 saturated heterocycles. The van der Waals surface area contributed by atoms with E-state index in [0.29, 0.717) is 34.9 Å². The number of anilines is 2. The molecule has 0 aromatic heterocycles. The quantitative estimate of drug-likeness (QED) is 0.0460. The third-order valence-electron chi connectivity index (χ3n) is 5.53. The van der Waals surface area contributed by atoms with Gasteiger partial charge < -0.3 is 20.5 Å². The molecule has 0 fully saturated rings. The maximum absolute atomic E-state index is 13.6. The van der Waals surface area contributed by atoms with E-state index in [1.807, 2.05) is 39.0 Å². The Morgan fingerprint density at radius 2 is 1.74 bits per heavy atom. The molecular formula is C28H33I2N5O3. The van der Waals surface area contributed by atoms with Crippen molar-refractivity contribution >= 4 is 68.3 Å². The smallest absolute Gasteiger partial charge is 0.265 e. The number of nitrogen functional groups attached to an aromatic ring is 1. The molecule has 1 amide bonds. The molecule has 1 unspecified atom stereocenters. The van der Waals surface area contributed by atoms with E-state index in [1.165, 1.54) is 5.56 Å². The highest BCUT2D eigenvalue weighted by atomic mass is 127. The maximum atomic E-state index is 13.6. The Morgan fingerprint density at radius 1 is 1.00 bits per heavy atom. The minimum absolute atomic E-state index is 0.0167. The third-order valence-corrected chi connectivity index (χ3v) is 7.23. The Kier molecular flexibility index (Phi) is 11.3. The highest BCUT2D eigenvalue weighted by Crippen LogP contribution is 2.33. The van der Waals surface area contributed by atoms with E-state index in [-0.39, 0.29) is 17.8 Å². The topological polar surface area (TPSA) is 121 Å². The largest absolute Gasteiger partial charge is 0.490 e. The van der Waals surface area contributed by atoms with Gasteiger partial charge in [0.2, 0.25) is 0 Å². The Morgan fingerprint density at radius 3 is 2.34 bits per heavy atom. The van der Waals surface area contributed by atoms with Crippen LogP contribution in [0.1, 0.15) is 49.1 Å². The number of halogens is 2. The first-order valence-corrected chi connectivity index (χ1v) is 15.2. The molecular weight excluding hydrogens is 708 g/mol. The van der Waals surface area contributed by atoms with Crippen molar-refractivity contribution in [2.45, 2.75) is 41.8 Å². The van der Waals surface area contributed by atoms with Crippen molar-refractivity contribution < 1.29 is 14.3 Å². The average molecular weight is 741 g/mol.